The lowest BCUT2D eigenvalue weighted by Crippen LogP contribution is -2.32. The van der Waals surface area contributed by atoms with Crippen molar-refractivity contribution in [1.29, 1.82) is 0 Å². The average molecular weight is 224 g/mol. The molecule has 1 unspecified atom stereocenters. The maximum atomic E-state index is 11.6. The number of carbonyl (C=O) groups is 1. The van der Waals surface area contributed by atoms with Crippen molar-refractivity contribution in [3.63, 3.8) is 0 Å². The van der Waals surface area contributed by atoms with Crippen LogP contribution >= 0.6 is 0 Å². The van der Waals surface area contributed by atoms with Crippen LogP contribution in [0.15, 0.2) is 11.6 Å². The van der Waals surface area contributed by atoms with Crippen LogP contribution in [0.25, 0.3) is 0 Å². The monoisotopic (exact) mass is 224 g/mol. The van der Waals surface area contributed by atoms with E-state index >= 15 is 0 Å². The van der Waals surface area contributed by atoms with E-state index in [-0.39, 0.29) is 17.5 Å². The van der Waals surface area contributed by atoms with E-state index in [0.29, 0.717) is 6.42 Å². The van der Waals surface area contributed by atoms with Crippen molar-refractivity contribution < 1.29 is 9.53 Å². The minimum Gasteiger partial charge on any atom is -0.461 e. The molecule has 0 radical (unpaired) electrons. The largest absolute Gasteiger partial charge is 0.461 e. The predicted octanol–water partition coefficient (Wildman–Crippen LogP) is 3.85. The third-order valence-corrected chi connectivity index (χ3v) is 3.07. The van der Waals surface area contributed by atoms with Crippen LogP contribution in [0.3, 0.4) is 0 Å². The SMILES string of the molecule is CC1=CCCCCC(=O)OC(C(C)(C)C)C1. The summed E-state index contributed by atoms with van der Waals surface area (Å²) in [5.74, 6) is -0.0328. The van der Waals surface area contributed by atoms with Gasteiger partial charge >= 0.3 is 5.97 Å². The number of allylic oxidation sites excluding steroid dienone is 1. The summed E-state index contributed by atoms with van der Waals surface area (Å²) in [6, 6.07) is 0. The lowest BCUT2D eigenvalue weighted by Gasteiger charge is -2.31. The maximum Gasteiger partial charge on any atom is 0.306 e. The molecule has 0 saturated carbocycles. The van der Waals surface area contributed by atoms with Crippen molar-refractivity contribution in [2.45, 2.75) is 65.9 Å². The van der Waals surface area contributed by atoms with Gasteiger partial charge in [-0.05, 0) is 31.6 Å². The fourth-order valence-corrected chi connectivity index (χ4v) is 1.88. The summed E-state index contributed by atoms with van der Waals surface area (Å²) in [7, 11) is 0. The van der Waals surface area contributed by atoms with Crippen LogP contribution in [0.2, 0.25) is 0 Å². The fraction of sp³-hybridized carbons (Fsp3) is 0.786. The quantitative estimate of drug-likeness (QED) is 0.461. The third-order valence-electron chi connectivity index (χ3n) is 3.07. The van der Waals surface area contributed by atoms with E-state index in [9.17, 15) is 4.79 Å². The highest BCUT2D eigenvalue weighted by atomic mass is 16.5. The van der Waals surface area contributed by atoms with Gasteiger partial charge in [0.1, 0.15) is 6.10 Å². The topological polar surface area (TPSA) is 26.3 Å². The summed E-state index contributed by atoms with van der Waals surface area (Å²) in [6.45, 7) is 8.52. The second kappa shape index (κ2) is 5.51. The molecule has 0 bridgehead atoms. The van der Waals surface area contributed by atoms with Gasteiger partial charge in [0.2, 0.25) is 0 Å². The summed E-state index contributed by atoms with van der Waals surface area (Å²) >= 11 is 0. The summed E-state index contributed by atoms with van der Waals surface area (Å²) < 4.78 is 5.58. The summed E-state index contributed by atoms with van der Waals surface area (Å²) in [5.41, 5.74) is 1.36. The molecular weight excluding hydrogens is 200 g/mol. The van der Waals surface area contributed by atoms with E-state index < -0.39 is 0 Å². The molecule has 2 heteroatoms. The van der Waals surface area contributed by atoms with E-state index in [1.54, 1.807) is 0 Å². The molecule has 0 amide bonds. The minimum absolute atomic E-state index is 0.00866. The summed E-state index contributed by atoms with van der Waals surface area (Å²) in [5, 5.41) is 0. The lowest BCUT2D eigenvalue weighted by molar-refractivity contribution is -0.154. The molecule has 1 rings (SSSR count). The van der Waals surface area contributed by atoms with Gasteiger partial charge in [-0.3, -0.25) is 4.79 Å². The second-order valence-electron chi connectivity index (χ2n) is 5.84. The minimum atomic E-state index is -0.0328. The summed E-state index contributed by atoms with van der Waals surface area (Å²) in [4.78, 5) is 11.6. The number of cyclic esters (lactones) is 1. The van der Waals surface area contributed by atoms with Crippen molar-refractivity contribution >= 4 is 5.97 Å². The fourth-order valence-electron chi connectivity index (χ4n) is 1.88. The van der Waals surface area contributed by atoms with E-state index in [2.05, 4.69) is 33.8 Å². The molecule has 0 spiro atoms. The Morgan fingerprint density at radius 3 is 2.62 bits per heavy atom. The van der Waals surface area contributed by atoms with Crippen LogP contribution in [-0.4, -0.2) is 12.1 Å². The molecule has 16 heavy (non-hydrogen) atoms. The van der Waals surface area contributed by atoms with Crippen molar-refractivity contribution in [2.75, 3.05) is 0 Å². The number of carbonyl (C=O) groups excluding carboxylic acids is 1. The molecule has 0 saturated heterocycles. The molecule has 1 heterocycles. The summed E-state index contributed by atoms with van der Waals surface area (Å²) in [6.07, 6.45) is 6.86. The van der Waals surface area contributed by atoms with Crippen LogP contribution in [0.5, 0.6) is 0 Å². The Hall–Kier alpha value is -0.790. The molecule has 1 aliphatic heterocycles. The number of ether oxygens (including phenoxy) is 1. The molecule has 1 aliphatic rings. The van der Waals surface area contributed by atoms with Crippen molar-refractivity contribution in [1.82, 2.24) is 0 Å². The van der Waals surface area contributed by atoms with Gasteiger partial charge in [0.25, 0.3) is 0 Å². The number of esters is 1. The van der Waals surface area contributed by atoms with Crippen molar-refractivity contribution in [3.05, 3.63) is 11.6 Å². The molecular formula is C14H24O2. The molecule has 0 aromatic carbocycles. The molecule has 92 valence electrons. The van der Waals surface area contributed by atoms with Gasteiger partial charge in [0, 0.05) is 12.8 Å². The van der Waals surface area contributed by atoms with E-state index in [1.807, 2.05) is 0 Å². The second-order valence-corrected chi connectivity index (χ2v) is 5.84. The van der Waals surface area contributed by atoms with Gasteiger partial charge in [0.15, 0.2) is 0 Å². The normalized spacial score (nSPS) is 24.6. The first-order valence-corrected chi connectivity index (χ1v) is 6.24. The number of rotatable bonds is 0. The Kier molecular flexibility index (Phi) is 4.57. The average Bonchev–Trinajstić information content (AvgIpc) is 2.14. The molecule has 0 aromatic heterocycles. The van der Waals surface area contributed by atoms with Gasteiger partial charge in [-0.1, -0.05) is 32.4 Å². The highest BCUT2D eigenvalue weighted by Crippen LogP contribution is 2.29. The zero-order valence-corrected chi connectivity index (χ0v) is 11.0. The Balaban J connectivity index is 2.77. The smallest absolute Gasteiger partial charge is 0.306 e. The first kappa shape index (κ1) is 13.3. The molecule has 0 aliphatic carbocycles. The standard InChI is InChI=1S/C14H24O2/c1-11-8-6-5-7-9-13(15)16-12(10-11)14(2,3)4/h8,12H,5-7,9-10H2,1-4H3. The first-order valence-electron chi connectivity index (χ1n) is 6.24. The number of hydrogen-bond acceptors (Lipinski definition) is 2. The maximum absolute atomic E-state index is 11.6. The van der Waals surface area contributed by atoms with Gasteiger partial charge in [-0.25, -0.2) is 0 Å². The highest BCUT2D eigenvalue weighted by molar-refractivity contribution is 5.69. The molecule has 2 nitrogen and oxygen atoms in total. The Morgan fingerprint density at radius 1 is 1.31 bits per heavy atom. The third kappa shape index (κ3) is 4.38. The van der Waals surface area contributed by atoms with Crippen molar-refractivity contribution in [3.8, 4) is 0 Å². The van der Waals surface area contributed by atoms with E-state index in [0.717, 1.165) is 25.7 Å². The zero-order chi connectivity index (χ0) is 12.2. The Bertz CT molecular complexity index is 271. The first-order chi connectivity index (χ1) is 7.39. The Morgan fingerprint density at radius 2 is 2.00 bits per heavy atom. The van der Waals surface area contributed by atoms with Gasteiger partial charge in [0.05, 0.1) is 0 Å². The van der Waals surface area contributed by atoms with Gasteiger partial charge in [-0.15, -0.1) is 0 Å². The van der Waals surface area contributed by atoms with Crippen LogP contribution < -0.4 is 0 Å². The van der Waals surface area contributed by atoms with Crippen LogP contribution in [0, 0.1) is 5.41 Å². The van der Waals surface area contributed by atoms with Crippen molar-refractivity contribution in [2.24, 2.45) is 5.41 Å². The van der Waals surface area contributed by atoms with E-state index in [1.165, 1.54) is 5.57 Å². The zero-order valence-electron chi connectivity index (χ0n) is 11.0. The Labute approximate surface area is 99.1 Å². The molecule has 0 aromatic rings. The van der Waals surface area contributed by atoms with Crippen LogP contribution in [0.1, 0.15) is 59.8 Å². The molecule has 0 N–H and O–H groups in total. The lowest BCUT2D eigenvalue weighted by atomic mass is 9.85. The highest BCUT2D eigenvalue weighted by Gasteiger charge is 2.28. The van der Waals surface area contributed by atoms with Gasteiger partial charge in [-0.2, -0.15) is 0 Å². The molecule has 0 fully saturated rings. The van der Waals surface area contributed by atoms with Crippen LogP contribution in [0.4, 0.5) is 0 Å². The van der Waals surface area contributed by atoms with Crippen LogP contribution in [-0.2, 0) is 9.53 Å². The molecule has 1 atom stereocenters. The van der Waals surface area contributed by atoms with Gasteiger partial charge < -0.3 is 4.74 Å². The number of hydrogen-bond donors (Lipinski definition) is 0. The predicted molar refractivity (Wildman–Crippen MR) is 66.2 cm³/mol. The van der Waals surface area contributed by atoms with E-state index in [4.69, 9.17) is 4.74 Å².